The topological polar surface area (TPSA) is 72.2 Å². The van der Waals surface area contributed by atoms with Crippen molar-refractivity contribution in [1.29, 1.82) is 0 Å². The molecule has 0 amide bonds. The first kappa shape index (κ1) is 15.2. The van der Waals surface area contributed by atoms with E-state index < -0.39 is 33.2 Å². The van der Waals surface area contributed by atoms with Gasteiger partial charge in [-0.15, -0.1) is 0 Å². The maximum absolute atomic E-state index is 13.0. The summed E-state index contributed by atoms with van der Waals surface area (Å²) in [6.07, 6.45) is 0. The summed E-state index contributed by atoms with van der Waals surface area (Å²) >= 11 is 0. The smallest absolute Gasteiger partial charge is 0.236 e. The Morgan fingerprint density at radius 3 is 2.05 bits per heavy atom. The molecule has 2 rings (SSSR count). The summed E-state index contributed by atoms with van der Waals surface area (Å²) in [6, 6.07) is 7.23. The number of nitrogens with two attached hydrogens (primary N) is 1. The fourth-order valence-electron chi connectivity index (χ4n) is 1.66. The average molecular weight is 316 g/mol. The summed E-state index contributed by atoms with van der Waals surface area (Å²) < 4.78 is 64.6. The third-order valence-electron chi connectivity index (χ3n) is 2.59. The van der Waals surface area contributed by atoms with Crippen molar-refractivity contribution >= 4 is 21.4 Å². The summed E-state index contributed by atoms with van der Waals surface area (Å²) in [5, 5.41) is 0. The number of hydrogen-bond donors (Lipinski definition) is 2. The van der Waals surface area contributed by atoms with E-state index in [4.69, 9.17) is 5.73 Å². The summed E-state index contributed by atoms with van der Waals surface area (Å²) in [6.45, 7) is 0. The van der Waals surface area contributed by atoms with Crippen molar-refractivity contribution < 1.29 is 21.6 Å². The van der Waals surface area contributed by atoms with E-state index in [0.717, 1.165) is 0 Å². The zero-order valence-electron chi connectivity index (χ0n) is 10.6. The molecule has 0 saturated carbocycles. The Morgan fingerprint density at radius 2 is 1.52 bits per heavy atom. The predicted octanol–water partition coefficient (Wildman–Crippen LogP) is 2.63. The molecule has 3 N–H and O–H groups in total. The second-order valence-electron chi connectivity index (χ2n) is 4.36. The van der Waals surface area contributed by atoms with Gasteiger partial charge in [0.2, 0.25) is 10.0 Å². The Bertz CT molecular complexity index is 738. The van der Waals surface area contributed by atoms with Crippen LogP contribution in [-0.2, 0) is 15.8 Å². The molecule has 0 heterocycles. The van der Waals surface area contributed by atoms with Gasteiger partial charge in [-0.1, -0.05) is 12.1 Å². The Balaban J connectivity index is 2.19. The van der Waals surface area contributed by atoms with E-state index in [1.165, 1.54) is 24.3 Å². The van der Waals surface area contributed by atoms with Crippen LogP contribution in [0.25, 0.3) is 0 Å². The Hall–Kier alpha value is -2.22. The minimum absolute atomic E-state index is 0.387. The van der Waals surface area contributed by atoms with Gasteiger partial charge in [-0.2, -0.15) is 0 Å². The number of nitrogens with one attached hydrogen (secondary N) is 1. The quantitative estimate of drug-likeness (QED) is 0.673. The molecule has 8 heteroatoms. The number of sulfonamides is 1. The average Bonchev–Trinajstić information content (AvgIpc) is 2.38. The first-order valence-corrected chi connectivity index (χ1v) is 7.41. The molecule has 0 fully saturated rings. The van der Waals surface area contributed by atoms with Crippen molar-refractivity contribution in [1.82, 2.24) is 0 Å². The number of hydrogen-bond acceptors (Lipinski definition) is 3. The molecule has 0 bridgehead atoms. The summed E-state index contributed by atoms with van der Waals surface area (Å²) in [4.78, 5) is 0. The minimum atomic E-state index is -3.89. The van der Waals surface area contributed by atoms with Crippen LogP contribution in [0, 0.1) is 17.5 Å². The van der Waals surface area contributed by atoms with Gasteiger partial charge in [0, 0.05) is 17.8 Å². The summed E-state index contributed by atoms with van der Waals surface area (Å²) in [5.41, 5.74) is 6.01. The third kappa shape index (κ3) is 3.88. The van der Waals surface area contributed by atoms with Crippen LogP contribution in [0.2, 0.25) is 0 Å². The fraction of sp³-hybridized carbons (Fsp3) is 0.0769. The SMILES string of the molecule is Nc1ccc(CS(=O)(=O)Nc2cc(F)c(F)c(F)c2)cc1. The molecule has 2 aromatic carbocycles. The van der Waals surface area contributed by atoms with Crippen LogP contribution in [0.5, 0.6) is 0 Å². The van der Waals surface area contributed by atoms with Gasteiger partial charge in [-0.25, -0.2) is 21.6 Å². The fourth-order valence-corrected chi connectivity index (χ4v) is 2.84. The number of nitrogen functional groups attached to an aromatic ring is 1. The summed E-state index contributed by atoms with van der Waals surface area (Å²) in [5.74, 6) is -5.01. The van der Waals surface area contributed by atoms with E-state index in [0.29, 0.717) is 23.4 Å². The highest BCUT2D eigenvalue weighted by molar-refractivity contribution is 7.91. The standard InChI is InChI=1S/C13H11F3N2O2S/c14-11-5-10(6-12(15)13(11)16)18-21(19,20)7-8-1-3-9(17)4-2-8/h1-6,18H,7,17H2. The zero-order chi connectivity index (χ0) is 15.6. The van der Waals surface area contributed by atoms with Gasteiger partial charge in [-0.05, 0) is 17.7 Å². The zero-order valence-corrected chi connectivity index (χ0v) is 11.4. The van der Waals surface area contributed by atoms with Gasteiger partial charge in [0.05, 0.1) is 11.4 Å². The molecule has 0 spiro atoms. The van der Waals surface area contributed by atoms with Crippen LogP contribution >= 0.6 is 0 Å². The van der Waals surface area contributed by atoms with Crippen molar-refractivity contribution in [2.45, 2.75) is 5.75 Å². The highest BCUT2D eigenvalue weighted by Crippen LogP contribution is 2.19. The molecule has 21 heavy (non-hydrogen) atoms. The van der Waals surface area contributed by atoms with Crippen LogP contribution in [0.3, 0.4) is 0 Å². The van der Waals surface area contributed by atoms with E-state index in [1.807, 2.05) is 4.72 Å². The molecule has 0 aliphatic rings. The van der Waals surface area contributed by atoms with Crippen LogP contribution < -0.4 is 10.5 Å². The van der Waals surface area contributed by atoms with Gasteiger partial charge >= 0.3 is 0 Å². The van der Waals surface area contributed by atoms with Gasteiger partial charge in [0.15, 0.2) is 17.5 Å². The molecule has 4 nitrogen and oxygen atoms in total. The van der Waals surface area contributed by atoms with Gasteiger partial charge in [0.1, 0.15) is 0 Å². The summed E-state index contributed by atoms with van der Waals surface area (Å²) in [7, 11) is -3.89. The molecule has 0 aliphatic heterocycles. The Kier molecular flexibility index (Phi) is 4.08. The number of halogens is 3. The van der Waals surface area contributed by atoms with E-state index >= 15 is 0 Å². The lowest BCUT2D eigenvalue weighted by atomic mass is 10.2. The second-order valence-corrected chi connectivity index (χ2v) is 6.08. The second kappa shape index (κ2) is 5.65. The van der Waals surface area contributed by atoms with Crippen molar-refractivity contribution in [3.63, 3.8) is 0 Å². The van der Waals surface area contributed by atoms with E-state index in [-0.39, 0.29) is 5.69 Å². The van der Waals surface area contributed by atoms with E-state index in [2.05, 4.69) is 0 Å². The highest BCUT2D eigenvalue weighted by atomic mass is 32.2. The van der Waals surface area contributed by atoms with Crippen molar-refractivity contribution in [2.24, 2.45) is 0 Å². The number of benzene rings is 2. The molecule has 0 aromatic heterocycles. The van der Waals surface area contributed by atoms with Gasteiger partial charge < -0.3 is 5.73 Å². The van der Waals surface area contributed by atoms with Crippen LogP contribution in [0.15, 0.2) is 36.4 Å². The monoisotopic (exact) mass is 316 g/mol. The lowest BCUT2D eigenvalue weighted by Gasteiger charge is -2.09. The molecule has 0 atom stereocenters. The van der Waals surface area contributed by atoms with Crippen molar-refractivity contribution in [3.05, 3.63) is 59.4 Å². The first-order chi connectivity index (χ1) is 9.77. The van der Waals surface area contributed by atoms with Crippen molar-refractivity contribution in [3.8, 4) is 0 Å². The maximum Gasteiger partial charge on any atom is 0.236 e. The molecule has 0 saturated heterocycles. The van der Waals surface area contributed by atoms with Crippen LogP contribution in [-0.4, -0.2) is 8.42 Å². The normalized spacial score (nSPS) is 11.4. The first-order valence-electron chi connectivity index (χ1n) is 5.76. The highest BCUT2D eigenvalue weighted by Gasteiger charge is 2.16. The van der Waals surface area contributed by atoms with E-state index in [9.17, 15) is 21.6 Å². The minimum Gasteiger partial charge on any atom is -0.399 e. The van der Waals surface area contributed by atoms with E-state index in [1.54, 1.807) is 0 Å². The van der Waals surface area contributed by atoms with Crippen molar-refractivity contribution in [2.75, 3.05) is 10.5 Å². The molecule has 2 aromatic rings. The molecule has 0 aliphatic carbocycles. The Morgan fingerprint density at radius 1 is 1.00 bits per heavy atom. The molecule has 0 unspecified atom stereocenters. The van der Waals surface area contributed by atoms with Crippen LogP contribution in [0.1, 0.15) is 5.56 Å². The molecular weight excluding hydrogens is 305 g/mol. The molecule has 112 valence electrons. The maximum atomic E-state index is 13.0. The third-order valence-corrected chi connectivity index (χ3v) is 3.85. The number of rotatable bonds is 4. The predicted molar refractivity (Wildman–Crippen MR) is 73.4 cm³/mol. The lowest BCUT2D eigenvalue weighted by Crippen LogP contribution is -2.15. The largest absolute Gasteiger partial charge is 0.399 e. The number of anilines is 2. The molecular formula is C13H11F3N2O2S. The lowest BCUT2D eigenvalue weighted by molar-refractivity contribution is 0.448. The molecule has 0 radical (unpaired) electrons. The van der Waals surface area contributed by atoms with Gasteiger partial charge in [0.25, 0.3) is 0 Å². The Labute approximate surface area is 119 Å². The van der Waals surface area contributed by atoms with Gasteiger partial charge in [-0.3, -0.25) is 4.72 Å². The van der Waals surface area contributed by atoms with Crippen LogP contribution in [0.4, 0.5) is 24.5 Å².